The standard InChI is InChI=1S/C16H25N3O3/c1-12-9-14(18-13(2)17-12)15-10-19(5-8-22-15)11-16(20)3-6-21-7-4-16/h9,15,20H,3-8,10-11H2,1-2H3. The molecule has 0 bridgehead atoms. The van der Waals surface area contributed by atoms with Crippen LogP contribution in [0.4, 0.5) is 0 Å². The molecule has 1 aromatic rings. The summed E-state index contributed by atoms with van der Waals surface area (Å²) >= 11 is 0. The van der Waals surface area contributed by atoms with Gasteiger partial charge in [0.25, 0.3) is 0 Å². The van der Waals surface area contributed by atoms with Crippen LogP contribution >= 0.6 is 0 Å². The lowest BCUT2D eigenvalue weighted by atomic mass is 9.93. The van der Waals surface area contributed by atoms with Gasteiger partial charge in [-0.05, 0) is 19.9 Å². The Kier molecular flexibility index (Phi) is 4.73. The van der Waals surface area contributed by atoms with Crippen molar-refractivity contribution >= 4 is 0 Å². The van der Waals surface area contributed by atoms with Crippen LogP contribution in [0.1, 0.15) is 36.2 Å². The van der Waals surface area contributed by atoms with Crippen LogP contribution in [0.5, 0.6) is 0 Å². The lowest BCUT2D eigenvalue weighted by Gasteiger charge is -2.40. The highest BCUT2D eigenvalue weighted by atomic mass is 16.5. The van der Waals surface area contributed by atoms with Crippen molar-refractivity contribution in [3.63, 3.8) is 0 Å². The Morgan fingerprint density at radius 1 is 1.27 bits per heavy atom. The Morgan fingerprint density at radius 2 is 2.05 bits per heavy atom. The SMILES string of the molecule is Cc1cc(C2CN(CC3(O)CCOCC3)CCO2)nc(C)n1. The van der Waals surface area contributed by atoms with Crippen molar-refractivity contribution in [2.24, 2.45) is 0 Å². The second-order valence-corrected chi connectivity index (χ2v) is 6.41. The molecule has 0 radical (unpaired) electrons. The van der Waals surface area contributed by atoms with E-state index in [2.05, 4.69) is 14.9 Å². The zero-order chi connectivity index (χ0) is 15.6. The molecule has 2 aliphatic rings. The molecule has 6 heteroatoms. The largest absolute Gasteiger partial charge is 0.388 e. The van der Waals surface area contributed by atoms with Gasteiger partial charge in [-0.2, -0.15) is 0 Å². The minimum Gasteiger partial charge on any atom is -0.388 e. The number of rotatable bonds is 3. The maximum Gasteiger partial charge on any atom is 0.125 e. The summed E-state index contributed by atoms with van der Waals surface area (Å²) in [4.78, 5) is 11.1. The molecule has 0 saturated carbocycles. The monoisotopic (exact) mass is 307 g/mol. The van der Waals surface area contributed by atoms with E-state index < -0.39 is 5.60 Å². The molecular formula is C16H25N3O3. The Labute approximate surface area is 131 Å². The molecule has 6 nitrogen and oxygen atoms in total. The van der Waals surface area contributed by atoms with Gasteiger partial charge in [0.05, 0.1) is 17.9 Å². The third-order valence-corrected chi connectivity index (χ3v) is 4.41. The number of β-amino-alcohol motifs (C(OH)–C–C–N with tert-alkyl or cyclic N) is 1. The number of nitrogens with zero attached hydrogens (tertiary/aromatic N) is 3. The fourth-order valence-corrected chi connectivity index (χ4v) is 3.26. The first-order valence-electron chi connectivity index (χ1n) is 8.00. The van der Waals surface area contributed by atoms with Crippen LogP contribution in [0, 0.1) is 13.8 Å². The third kappa shape index (κ3) is 3.81. The second kappa shape index (κ2) is 6.58. The Balaban J connectivity index is 1.66. The van der Waals surface area contributed by atoms with Gasteiger partial charge in [-0.1, -0.05) is 0 Å². The van der Waals surface area contributed by atoms with E-state index in [4.69, 9.17) is 9.47 Å². The molecule has 2 fully saturated rings. The molecule has 22 heavy (non-hydrogen) atoms. The van der Waals surface area contributed by atoms with Crippen molar-refractivity contribution < 1.29 is 14.6 Å². The third-order valence-electron chi connectivity index (χ3n) is 4.41. The summed E-state index contributed by atoms with van der Waals surface area (Å²) in [5, 5.41) is 10.7. The summed E-state index contributed by atoms with van der Waals surface area (Å²) < 4.78 is 11.2. The lowest BCUT2D eigenvalue weighted by Crippen LogP contribution is -2.50. The van der Waals surface area contributed by atoms with Gasteiger partial charge < -0.3 is 14.6 Å². The molecular weight excluding hydrogens is 282 g/mol. The predicted molar refractivity (Wildman–Crippen MR) is 81.6 cm³/mol. The molecule has 3 rings (SSSR count). The summed E-state index contributed by atoms with van der Waals surface area (Å²) in [5.41, 5.74) is 1.28. The maximum atomic E-state index is 10.7. The predicted octanol–water partition coefficient (Wildman–Crippen LogP) is 1.01. The van der Waals surface area contributed by atoms with Crippen LogP contribution in [0.2, 0.25) is 0 Å². The second-order valence-electron chi connectivity index (χ2n) is 6.41. The molecule has 0 aromatic carbocycles. The molecule has 1 aromatic heterocycles. The number of morpholine rings is 1. The van der Waals surface area contributed by atoms with Crippen LogP contribution in [0.25, 0.3) is 0 Å². The van der Waals surface area contributed by atoms with Crippen molar-refractivity contribution in [1.82, 2.24) is 14.9 Å². The van der Waals surface area contributed by atoms with E-state index in [1.165, 1.54) is 0 Å². The first kappa shape index (κ1) is 15.8. The van der Waals surface area contributed by atoms with E-state index in [1.54, 1.807) is 0 Å². The fourth-order valence-electron chi connectivity index (χ4n) is 3.26. The molecule has 2 saturated heterocycles. The van der Waals surface area contributed by atoms with Gasteiger partial charge in [0.2, 0.25) is 0 Å². The van der Waals surface area contributed by atoms with Crippen molar-refractivity contribution in [3.8, 4) is 0 Å². The van der Waals surface area contributed by atoms with E-state index in [1.807, 2.05) is 19.9 Å². The van der Waals surface area contributed by atoms with Crippen LogP contribution in [0.3, 0.4) is 0 Å². The van der Waals surface area contributed by atoms with Gasteiger partial charge in [-0.25, -0.2) is 9.97 Å². The van der Waals surface area contributed by atoms with Crippen molar-refractivity contribution in [1.29, 1.82) is 0 Å². The van der Waals surface area contributed by atoms with Gasteiger partial charge in [-0.15, -0.1) is 0 Å². The minimum absolute atomic E-state index is 0.0439. The molecule has 1 atom stereocenters. The number of aryl methyl sites for hydroxylation is 2. The molecule has 0 spiro atoms. The summed E-state index contributed by atoms with van der Waals surface area (Å²) in [6, 6.07) is 1.99. The summed E-state index contributed by atoms with van der Waals surface area (Å²) in [6.07, 6.45) is 1.37. The van der Waals surface area contributed by atoms with Crippen LogP contribution in [-0.4, -0.2) is 65.0 Å². The van der Waals surface area contributed by atoms with E-state index in [0.717, 1.165) is 30.3 Å². The van der Waals surface area contributed by atoms with Gasteiger partial charge in [0, 0.05) is 51.4 Å². The molecule has 3 heterocycles. The topological polar surface area (TPSA) is 67.7 Å². The van der Waals surface area contributed by atoms with Gasteiger partial charge in [-0.3, -0.25) is 4.90 Å². The van der Waals surface area contributed by atoms with Crippen LogP contribution in [0.15, 0.2) is 6.07 Å². The van der Waals surface area contributed by atoms with E-state index in [-0.39, 0.29) is 6.10 Å². The average molecular weight is 307 g/mol. The first-order chi connectivity index (χ1) is 10.5. The number of hydrogen-bond acceptors (Lipinski definition) is 6. The summed E-state index contributed by atoms with van der Waals surface area (Å²) in [7, 11) is 0. The number of aliphatic hydroxyl groups is 1. The highest BCUT2D eigenvalue weighted by Gasteiger charge is 2.34. The van der Waals surface area contributed by atoms with E-state index in [9.17, 15) is 5.11 Å². The summed E-state index contributed by atoms with van der Waals surface area (Å²) in [5.74, 6) is 0.777. The smallest absolute Gasteiger partial charge is 0.125 e. The first-order valence-corrected chi connectivity index (χ1v) is 8.00. The van der Waals surface area contributed by atoms with E-state index >= 15 is 0 Å². The Hall–Kier alpha value is -1.08. The van der Waals surface area contributed by atoms with Crippen LogP contribution in [-0.2, 0) is 9.47 Å². The zero-order valence-corrected chi connectivity index (χ0v) is 13.4. The zero-order valence-electron chi connectivity index (χ0n) is 13.4. The number of aromatic nitrogens is 2. The fraction of sp³-hybridized carbons (Fsp3) is 0.750. The quantitative estimate of drug-likeness (QED) is 0.899. The molecule has 122 valence electrons. The lowest BCUT2D eigenvalue weighted by molar-refractivity contribution is -0.103. The number of ether oxygens (including phenoxy) is 2. The average Bonchev–Trinajstić information content (AvgIpc) is 2.47. The minimum atomic E-state index is -0.627. The van der Waals surface area contributed by atoms with Gasteiger partial charge in [0.1, 0.15) is 11.9 Å². The van der Waals surface area contributed by atoms with Crippen molar-refractivity contribution in [2.45, 2.75) is 38.4 Å². The molecule has 0 amide bonds. The molecule has 1 N–H and O–H groups in total. The molecule has 2 aliphatic heterocycles. The van der Waals surface area contributed by atoms with Crippen molar-refractivity contribution in [3.05, 3.63) is 23.3 Å². The number of hydrogen-bond donors (Lipinski definition) is 1. The van der Waals surface area contributed by atoms with E-state index in [0.29, 0.717) is 39.2 Å². The van der Waals surface area contributed by atoms with Gasteiger partial charge >= 0.3 is 0 Å². The highest BCUT2D eigenvalue weighted by molar-refractivity contribution is 5.13. The highest BCUT2D eigenvalue weighted by Crippen LogP contribution is 2.26. The van der Waals surface area contributed by atoms with Crippen molar-refractivity contribution in [2.75, 3.05) is 39.5 Å². The van der Waals surface area contributed by atoms with Crippen LogP contribution < -0.4 is 0 Å². The Bertz CT molecular complexity index is 497. The normalized spacial score (nSPS) is 26.0. The maximum absolute atomic E-state index is 10.7. The summed E-state index contributed by atoms with van der Waals surface area (Å²) in [6.45, 7) is 8.13. The Morgan fingerprint density at radius 3 is 2.77 bits per heavy atom. The molecule has 0 aliphatic carbocycles. The molecule has 1 unspecified atom stereocenters. The van der Waals surface area contributed by atoms with Gasteiger partial charge in [0.15, 0.2) is 0 Å².